The molecule has 0 unspecified atom stereocenters. The van der Waals surface area contributed by atoms with Crippen molar-refractivity contribution < 1.29 is 19.4 Å². The third-order valence-corrected chi connectivity index (χ3v) is 3.31. The summed E-state index contributed by atoms with van der Waals surface area (Å²) in [7, 11) is 0. The second-order valence-electron chi connectivity index (χ2n) is 5.15. The standard InChI is InChI=1S/C16H14N4O6/c1-2-17-15(21)10-4-3-5-12(6-10)18-16(22)11-7-13(19(23)24)9-14(8-11)20(25)26/h3-9H,2H2,1H3,(H,17,21)(H,18,22). The monoisotopic (exact) mass is 358 g/mol. The summed E-state index contributed by atoms with van der Waals surface area (Å²) in [5.74, 6) is -1.10. The third-order valence-electron chi connectivity index (χ3n) is 3.31. The molecule has 0 aromatic heterocycles. The molecule has 0 aliphatic rings. The average molecular weight is 358 g/mol. The molecule has 2 amide bonds. The predicted octanol–water partition coefficient (Wildman–Crippen LogP) is 2.51. The number of anilines is 1. The van der Waals surface area contributed by atoms with Crippen LogP contribution in [-0.2, 0) is 0 Å². The van der Waals surface area contributed by atoms with E-state index in [1.54, 1.807) is 19.1 Å². The lowest BCUT2D eigenvalue weighted by Crippen LogP contribution is -2.22. The van der Waals surface area contributed by atoms with E-state index in [1.165, 1.54) is 12.1 Å². The number of carbonyl (C=O) groups excluding carboxylic acids is 2. The smallest absolute Gasteiger partial charge is 0.277 e. The van der Waals surface area contributed by atoms with E-state index in [2.05, 4.69) is 10.6 Å². The van der Waals surface area contributed by atoms with Crippen molar-refractivity contribution in [3.05, 3.63) is 73.8 Å². The van der Waals surface area contributed by atoms with E-state index in [-0.39, 0.29) is 17.2 Å². The summed E-state index contributed by atoms with van der Waals surface area (Å²) in [6.45, 7) is 2.20. The van der Waals surface area contributed by atoms with E-state index >= 15 is 0 Å². The SMILES string of the molecule is CCNC(=O)c1cccc(NC(=O)c2cc([N+](=O)[O-])cc([N+](=O)[O-])c2)c1. The molecule has 0 radical (unpaired) electrons. The summed E-state index contributed by atoms with van der Waals surface area (Å²) in [6, 6.07) is 8.70. The first kappa shape index (κ1) is 18.5. The Balaban J connectivity index is 2.30. The highest BCUT2D eigenvalue weighted by Crippen LogP contribution is 2.23. The van der Waals surface area contributed by atoms with Crippen molar-refractivity contribution in [1.82, 2.24) is 5.32 Å². The predicted molar refractivity (Wildman–Crippen MR) is 92.2 cm³/mol. The fourth-order valence-corrected chi connectivity index (χ4v) is 2.14. The van der Waals surface area contributed by atoms with Gasteiger partial charge in [0.2, 0.25) is 0 Å². The van der Waals surface area contributed by atoms with Crippen LogP contribution in [0.3, 0.4) is 0 Å². The van der Waals surface area contributed by atoms with Crippen molar-refractivity contribution in [2.24, 2.45) is 0 Å². The Hall–Kier alpha value is -3.82. The number of amides is 2. The van der Waals surface area contributed by atoms with Crippen LogP contribution in [0.1, 0.15) is 27.6 Å². The van der Waals surface area contributed by atoms with Gasteiger partial charge in [-0.2, -0.15) is 0 Å². The van der Waals surface area contributed by atoms with E-state index in [0.29, 0.717) is 12.1 Å². The summed E-state index contributed by atoms with van der Waals surface area (Å²) < 4.78 is 0. The molecule has 2 aromatic rings. The highest BCUT2D eigenvalue weighted by Gasteiger charge is 2.20. The van der Waals surface area contributed by atoms with Gasteiger partial charge in [0.15, 0.2) is 0 Å². The van der Waals surface area contributed by atoms with Crippen LogP contribution in [0.5, 0.6) is 0 Å². The maximum Gasteiger partial charge on any atom is 0.277 e. The van der Waals surface area contributed by atoms with Crippen LogP contribution in [0, 0.1) is 20.2 Å². The number of hydrogen-bond donors (Lipinski definition) is 2. The molecule has 10 heteroatoms. The van der Waals surface area contributed by atoms with Gasteiger partial charge in [-0.25, -0.2) is 0 Å². The molecule has 26 heavy (non-hydrogen) atoms. The topological polar surface area (TPSA) is 144 Å². The number of nitrogens with zero attached hydrogens (tertiary/aromatic N) is 2. The lowest BCUT2D eigenvalue weighted by atomic mass is 10.1. The maximum atomic E-state index is 12.3. The molecule has 0 saturated heterocycles. The maximum absolute atomic E-state index is 12.3. The highest BCUT2D eigenvalue weighted by molar-refractivity contribution is 6.05. The zero-order chi connectivity index (χ0) is 19.3. The lowest BCUT2D eigenvalue weighted by molar-refractivity contribution is -0.394. The second kappa shape index (κ2) is 7.83. The molecule has 0 saturated carbocycles. The van der Waals surface area contributed by atoms with Crippen LogP contribution in [0.4, 0.5) is 17.1 Å². The number of nitro groups is 2. The zero-order valence-corrected chi connectivity index (χ0v) is 13.6. The first-order valence-electron chi connectivity index (χ1n) is 7.45. The Labute approximate surface area is 147 Å². The number of non-ortho nitro benzene ring substituents is 2. The van der Waals surface area contributed by atoms with Gasteiger partial charge in [-0.3, -0.25) is 29.8 Å². The molecule has 10 nitrogen and oxygen atoms in total. The van der Waals surface area contributed by atoms with Crippen LogP contribution < -0.4 is 10.6 Å². The number of nitrogens with one attached hydrogen (secondary N) is 2. The van der Waals surface area contributed by atoms with Gasteiger partial charge in [0.25, 0.3) is 23.2 Å². The van der Waals surface area contributed by atoms with Crippen LogP contribution >= 0.6 is 0 Å². The molecule has 0 heterocycles. The summed E-state index contributed by atoms with van der Waals surface area (Å²) in [5.41, 5.74) is -0.794. The summed E-state index contributed by atoms with van der Waals surface area (Å²) in [5, 5.41) is 26.9. The van der Waals surface area contributed by atoms with Crippen molar-refractivity contribution >= 4 is 28.9 Å². The van der Waals surface area contributed by atoms with Crippen molar-refractivity contribution in [3.8, 4) is 0 Å². The van der Waals surface area contributed by atoms with Crippen molar-refractivity contribution in [2.75, 3.05) is 11.9 Å². The Morgan fingerprint density at radius 3 is 2.08 bits per heavy atom. The zero-order valence-electron chi connectivity index (χ0n) is 13.6. The largest absolute Gasteiger partial charge is 0.352 e. The Bertz CT molecular complexity index is 864. The molecule has 0 atom stereocenters. The van der Waals surface area contributed by atoms with Gasteiger partial charge in [0, 0.05) is 29.9 Å². The molecule has 0 aliphatic heterocycles. The van der Waals surface area contributed by atoms with Gasteiger partial charge < -0.3 is 10.6 Å². The minimum atomic E-state index is -0.820. The lowest BCUT2D eigenvalue weighted by Gasteiger charge is -2.08. The van der Waals surface area contributed by atoms with Crippen molar-refractivity contribution in [2.45, 2.75) is 6.92 Å². The van der Waals surface area contributed by atoms with Gasteiger partial charge in [-0.15, -0.1) is 0 Å². The van der Waals surface area contributed by atoms with Gasteiger partial charge >= 0.3 is 0 Å². The van der Waals surface area contributed by atoms with E-state index in [4.69, 9.17) is 0 Å². The molecule has 0 bridgehead atoms. The van der Waals surface area contributed by atoms with Gasteiger partial charge in [0.1, 0.15) is 0 Å². The molecular weight excluding hydrogens is 344 g/mol. The first-order chi connectivity index (χ1) is 12.3. The fourth-order valence-electron chi connectivity index (χ4n) is 2.14. The molecule has 0 fully saturated rings. The molecule has 2 N–H and O–H groups in total. The van der Waals surface area contributed by atoms with Gasteiger partial charge in [0.05, 0.1) is 21.5 Å². The number of rotatable bonds is 6. The summed E-state index contributed by atoms with van der Waals surface area (Å²) in [6.07, 6.45) is 0. The average Bonchev–Trinajstić information content (AvgIpc) is 2.61. The first-order valence-corrected chi connectivity index (χ1v) is 7.45. The minimum Gasteiger partial charge on any atom is -0.352 e. The van der Waals surface area contributed by atoms with Crippen LogP contribution in [0.2, 0.25) is 0 Å². The third kappa shape index (κ3) is 4.38. The van der Waals surface area contributed by atoms with Crippen LogP contribution in [0.25, 0.3) is 0 Å². The second-order valence-corrected chi connectivity index (χ2v) is 5.15. The van der Waals surface area contributed by atoms with Crippen molar-refractivity contribution in [3.63, 3.8) is 0 Å². The number of hydrogen-bond acceptors (Lipinski definition) is 6. The summed E-state index contributed by atoms with van der Waals surface area (Å²) in [4.78, 5) is 44.3. The highest BCUT2D eigenvalue weighted by atomic mass is 16.6. The van der Waals surface area contributed by atoms with E-state index in [9.17, 15) is 29.8 Å². The molecule has 0 spiro atoms. The molecule has 2 rings (SSSR count). The number of nitro benzene ring substituents is 2. The van der Waals surface area contributed by atoms with E-state index < -0.39 is 27.1 Å². The Morgan fingerprint density at radius 1 is 0.923 bits per heavy atom. The Kier molecular flexibility index (Phi) is 5.58. The molecular formula is C16H14N4O6. The fraction of sp³-hybridized carbons (Fsp3) is 0.125. The van der Waals surface area contributed by atoms with Gasteiger partial charge in [-0.1, -0.05) is 6.07 Å². The number of carbonyl (C=O) groups is 2. The normalized spacial score (nSPS) is 10.0. The molecule has 2 aromatic carbocycles. The minimum absolute atomic E-state index is 0.241. The quantitative estimate of drug-likeness (QED) is 0.599. The summed E-state index contributed by atoms with van der Waals surface area (Å²) >= 11 is 0. The van der Waals surface area contributed by atoms with E-state index in [0.717, 1.165) is 18.2 Å². The Morgan fingerprint density at radius 2 is 1.54 bits per heavy atom. The van der Waals surface area contributed by atoms with Crippen LogP contribution in [0.15, 0.2) is 42.5 Å². The van der Waals surface area contributed by atoms with Crippen LogP contribution in [-0.4, -0.2) is 28.2 Å². The van der Waals surface area contributed by atoms with Gasteiger partial charge in [-0.05, 0) is 25.1 Å². The molecule has 0 aliphatic carbocycles. The van der Waals surface area contributed by atoms with E-state index in [1.807, 2.05) is 0 Å². The number of benzene rings is 2. The molecule has 134 valence electrons. The van der Waals surface area contributed by atoms with Crippen molar-refractivity contribution in [1.29, 1.82) is 0 Å².